The fourth-order valence-electron chi connectivity index (χ4n) is 14.3. The second-order valence-electron chi connectivity index (χ2n) is 31.0. The highest BCUT2D eigenvalue weighted by molar-refractivity contribution is 6.55. The molecule has 0 atom stereocenters. The third-order valence-corrected chi connectivity index (χ3v) is 21.1. The number of rotatable bonds is 80. The van der Waals surface area contributed by atoms with Crippen LogP contribution in [0.5, 0.6) is 0 Å². The first kappa shape index (κ1) is 96.2. The topological polar surface area (TPSA) is 79.3 Å². The molecule has 0 radical (unpaired) electrons. The van der Waals surface area contributed by atoms with Crippen molar-refractivity contribution in [3.63, 3.8) is 0 Å². The molecule has 1 aromatic carbocycles. The molecule has 0 heterocycles. The molecule has 0 fully saturated rings. The van der Waals surface area contributed by atoms with E-state index in [2.05, 4.69) is 45.3 Å². The molecular weight excluding hydrogens is 1150 g/mol. The first-order valence-electron chi connectivity index (χ1n) is 45.1. The summed E-state index contributed by atoms with van der Waals surface area (Å²) in [5.41, 5.74) is 1.59. The molecule has 0 aliphatic rings. The highest BCUT2D eigenvalue weighted by atomic mass is 16.4. The summed E-state index contributed by atoms with van der Waals surface area (Å²) < 4.78 is 0. The molecule has 0 saturated carbocycles. The van der Waals surface area contributed by atoms with Crippen molar-refractivity contribution in [3.8, 4) is 0 Å². The van der Waals surface area contributed by atoms with Gasteiger partial charge >= 0.3 is 0 Å². The Labute approximate surface area is 602 Å². The fraction of sp³-hybridized carbons (Fsp3) is 0.933. The van der Waals surface area contributed by atoms with E-state index in [0.717, 1.165) is 6.42 Å². The van der Waals surface area contributed by atoms with Crippen LogP contribution in [-0.4, -0.2) is 33.3 Å². The van der Waals surface area contributed by atoms with Crippen molar-refractivity contribution in [2.75, 3.05) is 26.2 Å². The second-order valence-corrected chi connectivity index (χ2v) is 31.0. The molecule has 0 aliphatic heterocycles. The van der Waals surface area contributed by atoms with Crippen LogP contribution in [0, 0.1) is 0 Å². The van der Waals surface area contributed by atoms with Crippen LogP contribution in [0.3, 0.4) is 0 Å². The lowest BCUT2D eigenvalue weighted by atomic mass is 9.80. The minimum atomic E-state index is -1.85. The van der Waals surface area contributed by atoms with Crippen molar-refractivity contribution in [3.05, 3.63) is 29.8 Å². The smallest absolute Gasteiger partial charge is 0.0755 e. The van der Waals surface area contributed by atoms with Gasteiger partial charge in [-0.2, -0.15) is 0 Å². The number of hydrogen-bond donors (Lipinski definition) is 2. The van der Waals surface area contributed by atoms with Crippen molar-refractivity contribution >= 4 is 12.6 Å². The summed E-state index contributed by atoms with van der Waals surface area (Å²) >= 11 is 0. The summed E-state index contributed by atoms with van der Waals surface area (Å²) in [6.07, 6.45) is 108. The Morgan fingerprint density at radius 1 is 0.189 bits per heavy atom. The molecule has 1 rings (SSSR count). The van der Waals surface area contributed by atoms with Crippen molar-refractivity contribution in [1.82, 2.24) is 0 Å². The molecule has 1 aromatic rings. The molecule has 0 unspecified atom stereocenters. The number of unbranched alkanes of at least 4 members (excludes halogenated alkanes) is 69. The Morgan fingerprint density at radius 2 is 0.326 bits per heavy atom. The highest BCUT2D eigenvalue weighted by Gasteiger charge is 2.03. The maximum Gasteiger partial charge on any atom is 0.0755 e. The first-order chi connectivity index (χ1) is 47.1. The molecule has 0 spiro atoms. The summed E-state index contributed by atoms with van der Waals surface area (Å²) in [6, 6.07) is 7.25. The molecular formula is C90H181BN2O2. The zero-order valence-electron chi connectivity index (χ0n) is 66.7. The molecule has 4 N–H and O–H groups in total. The minimum Gasteiger partial charge on any atom is -0.889 e. The Bertz CT molecular complexity index is 1300. The monoisotopic (exact) mass is 1330 g/mol. The molecule has 95 heavy (non-hydrogen) atoms. The molecule has 0 aromatic heterocycles. The Hall–Kier alpha value is -0.875. The van der Waals surface area contributed by atoms with E-state index in [9.17, 15) is 10.0 Å². The molecule has 4 nitrogen and oxygen atoms in total. The predicted octanol–water partition coefficient (Wildman–Crippen LogP) is 26.7. The minimum absolute atomic E-state index is 0.353. The van der Waals surface area contributed by atoms with Gasteiger partial charge in [-0.25, -0.2) is 0 Å². The third kappa shape index (κ3) is 89.2. The SMILES string of the molecule is CCCCCCCCCCCCCCCCCCCCc1ccc(B([O-])[O-])cc1.CCCCCCCCCCCCCCCC[NH2+]CCCCCCCCCCCCCCCC.CCCCCCCCCCCCCCCC[NH2+]CCCCCCCCCCCCCCCC. The summed E-state index contributed by atoms with van der Waals surface area (Å²) in [5, 5.41) is 26.8. The summed E-state index contributed by atoms with van der Waals surface area (Å²) in [4.78, 5) is 0. The summed E-state index contributed by atoms with van der Waals surface area (Å²) in [5.74, 6) is 0. The van der Waals surface area contributed by atoms with Crippen LogP contribution in [0.25, 0.3) is 0 Å². The van der Waals surface area contributed by atoms with Crippen LogP contribution in [0.1, 0.15) is 515 Å². The molecule has 566 valence electrons. The summed E-state index contributed by atoms with van der Waals surface area (Å²) in [6.45, 7) is 17.0. The van der Waals surface area contributed by atoms with E-state index in [0.29, 0.717) is 5.46 Å². The van der Waals surface area contributed by atoms with Crippen molar-refractivity contribution in [2.24, 2.45) is 0 Å². The van der Waals surface area contributed by atoms with Crippen LogP contribution in [0.15, 0.2) is 24.3 Å². The van der Waals surface area contributed by atoms with Gasteiger partial charge in [0.1, 0.15) is 0 Å². The van der Waals surface area contributed by atoms with Gasteiger partial charge in [-0.15, -0.1) is 5.46 Å². The molecule has 0 saturated heterocycles. The third-order valence-electron chi connectivity index (χ3n) is 21.1. The van der Waals surface area contributed by atoms with E-state index in [4.69, 9.17) is 0 Å². The van der Waals surface area contributed by atoms with Crippen LogP contribution in [0.2, 0.25) is 0 Å². The maximum absolute atomic E-state index is 10.8. The van der Waals surface area contributed by atoms with Gasteiger partial charge in [0.15, 0.2) is 0 Å². The average molecular weight is 1330 g/mol. The van der Waals surface area contributed by atoms with E-state index in [1.54, 1.807) is 12.1 Å². The molecule has 5 heteroatoms. The Morgan fingerprint density at radius 3 is 0.474 bits per heavy atom. The van der Waals surface area contributed by atoms with E-state index >= 15 is 0 Å². The Balaban J connectivity index is 0. The van der Waals surface area contributed by atoms with E-state index in [-0.39, 0.29) is 0 Å². The van der Waals surface area contributed by atoms with Gasteiger partial charge < -0.3 is 20.7 Å². The normalized spacial score (nSPS) is 11.4. The van der Waals surface area contributed by atoms with Crippen molar-refractivity contribution in [2.45, 2.75) is 516 Å². The van der Waals surface area contributed by atoms with E-state index < -0.39 is 7.12 Å². The maximum atomic E-state index is 10.8. The predicted molar refractivity (Wildman–Crippen MR) is 429 cm³/mol. The second kappa shape index (κ2) is 91.1. The lowest BCUT2D eigenvalue weighted by Crippen LogP contribution is -2.84. The zero-order chi connectivity index (χ0) is 68.8. The summed E-state index contributed by atoms with van der Waals surface area (Å²) in [7, 11) is -1.85. The standard InChI is InChI=1S/2C32H67N.C26H45BO2/c2*1-3-5-7-9-11-13-15-17-19-21-23-25-27-29-31-33-32-30-28-26-24-22-20-18-16-14-12-10-8-6-4-2;1-2-3-4-5-6-7-8-9-10-11-12-13-14-15-16-17-18-19-20-25-21-23-26(24-22-25)27(28)29/h2*33H,3-32H2,1-2H3;21-24H,2-20H2,1H3/q;;-2/p+2. The largest absolute Gasteiger partial charge is 0.889 e. The lowest BCUT2D eigenvalue weighted by molar-refractivity contribution is -0.655. The van der Waals surface area contributed by atoms with Gasteiger partial charge in [0.05, 0.1) is 26.2 Å². The first-order valence-corrected chi connectivity index (χ1v) is 45.1. The number of aryl methyl sites for hydroxylation is 1. The highest BCUT2D eigenvalue weighted by Crippen LogP contribution is 2.19. The van der Waals surface area contributed by atoms with Crippen LogP contribution in [-0.2, 0) is 6.42 Å². The van der Waals surface area contributed by atoms with Crippen LogP contribution in [0.4, 0.5) is 0 Å². The Kier molecular flexibility index (Phi) is 92.3. The molecule has 0 amide bonds. The lowest BCUT2D eigenvalue weighted by Gasteiger charge is -2.26. The van der Waals surface area contributed by atoms with Gasteiger partial charge in [0.25, 0.3) is 0 Å². The van der Waals surface area contributed by atoms with E-state index in [1.165, 1.54) is 507 Å². The number of hydrogen-bond acceptors (Lipinski definition) is 2. The zero-order valence-corrected chi connectivity index (χ0v) is 66.7. The number of benzene rings is 1. The van der Waals surface area contributed by atoms with Crippen LogP contribution < -0.4 is 26.1 Å². The average Bonchev–Trinajstić information content (AvgIpc) is 3.79. The number of quaternary nitrogens is 2. The quantitative estimate of drug-likeness (QED) is 0.0503. The van der Waals surface area contributed by atoms with Crippen molar-refractivity contribution in [1.29, 1.82) is 0 Å². The van der Waals surface area contributed by atoms with Gasteiger partial charge in [-0.3, -0.25) is 0 Å². The van der Waals surface area contributed by atoms with Gasteiger partial charge in [-0.1, -0.05) is 483 Å². The van der Waals surface area contributed by atoms with Gasteiger partial charge in [0.2, 0.25) is 0 Å². The molecule has 0 bridgehead atoms. The van der Waals surface area contributed by atoms with Crippen LogP contribution >= 0.6 is 0 Å². The fourth-order valence-corrected chi connectivity index (χ4v) is 14.3. The van der Waals surface area contributed by atoms with Gasteiger partial charge in [-0.05, 0) is 69.8 Å². The van der Waals surface area contributed by atoms with Crippen molar-refractivity contribution < 1.29 is 20.7 Å². The molecule has 0 aliphatic carbocycles. The van der Waals surface area contributed by atoms with Gasteiger partial charge in [0, 0.05) is 0 Å². The van der Waals surface area contributed by atoms with E-state index in [1.807, 2.05) is 12.1 Å². The number of nitrogens with two attached hydrogens (primary N) is 2.